The fraction of sp³-hybridized carbons (Fsp3) is 0. The Morgan fingerprint density at radius 2 is 1.67 bits per heavy atom. The molecule has 0 radical (unpaired) electrons. The Morgan fingerprint density at radius 1 is 0.905 bits per heavy atom. The molecule has 21 heavy (non-hydrogen) atoms. The summed E-state index contributed by atoms with van der Waals surface area (Å²) in [6.45, 7) is 0. The monoisotopic (exact) mass is 295 g/mol. The highest BCUT2D eigenvalue weighted by Crippen LogP contribution is 2.25. The number of fused-ring (bicyclic) bond motifs is 1. The number of hydrogen-bond donors (Lipinski definition) is 0. The third-order valence-corrected chi connectivity index (χ3v) is 3.68. The Balaban J connectivity index is 1.89. The third kappa shape index (κ3) is 1.98. The van der Waals surface area contributed by atoms with Crippen LogP contribution in [-0.2, 0) is 0 Å². The maximum Gasteiger partial charge on any atom is 0.123 e. The third-order valence-electron chi connectivity index (χ3n) is 3.35. The molecule has 2 aromatic heterocycles. The van der Waals surface area contributed by atoms with Gasteiger partial charge in [-0.1, -0.05) is 23.7 Å². The molecule has 6 heteroatoms. The molecule has 4 rings (SSSR count). The molecule has 0 spiro atoms. The van der Waals surface area contributed by atoms with Gasteiger partial charge >= 0.3 is 0 Å². The minimum absolute atomic E-state index is 0.703. The van der Waals surface area contributed by atoms with Crippen molar-refractivity contribution in [1.29, 1.82) is 0 Å². The molecular weight excluding hydrogens is 286 g/mol. The predicted molar refractivity (Wildman–Crippen MR) is 81.0 cm³/mol. The molecule has 0 amide bonds. The highest BCUT2D eigenvalue weighted by molar-refractivity contribution is 6.35. The largest absolute Gasteiger partial charge is 0.288 e. The Hall–Kier alpha value is -2.66. The van der Waals surface area contributed by atoms with E-state index in [2.05, 4.69) is 15.3 Å². The second kappa shape index (κ2) is 4.71. The van der Waals surface area contributed by atoms with Crippen LogP contribution in [0.3, 0.4) is 0 Å². The zero-order valence-corrected chi connectivity index (χ0v) is 11.6. The van der Waals surface area contributed by atoms with Gasteiger partial charge in [-0.05, 0) is 30.3 Å². The summed E-state index contributed by atoms with van der Waals surface area (Å²) < 4.78 is 3.72. The molecule has 0 fully saturated rings. The van der Waals surface area contributed by atoms with Crippen LogP contribution in [0.15, 0.2) is 61.3 Å². The molecular formula is C15H10ClN5. The summed E-state index contributed by atoms with van der Waals surface area (Å²) in [5.41, 5.74) is 2.91. The van der Waals surface area contributed by atoms with Crippen molar-refractivity contribution in [2.45, 2.75) is 0 Å². The summed E-state index contributed by atoms with van der Waals surface area (Å²) in [7, 11) is 0. The van der Waals surface area contributed by atoms with E-state index in [-0.39, 0.29) is 0 Å². The lowest BCUT2D eigenvalue weighted by atomic mass is 10.2. The topological polar surface area (TPSA) is 48.5 Å². The Kier molecular flexibility index (Phi) is 2.72. The minimum atomic E-state index is 0.703. The van der Waals surface area contributed by atoms with Crippen molar-refractivity contribution < 1.29 is 0 Å². The van der Waals surface area contributed by atoms with Crippen LogP contribution in [0.5, 0.6) is 0 Å². The Bertz CT molecular complexity index is 911. The first-order chi connectivity index (χ1) is 10.3. The lowest BCUT2D eigenvalue weighted by Crippen LogP contribution is -1.98. The molecule has 0 aliphatic heterocycles. The van der Waals surface area contributed by atoms with Gasteiger partial charge in [-0.25, -0.2) is 4.68 Å². The molecule has 4 aromatic rings. The average molecular weight is 296 g/mol. The fourth-order valence-electron chi connectivity index (χ4n) is 2.34. The number of rotatable bonds is 2. The van der Waals surface area contributed by atoms with Crippen LogP contribution in [-0.4, -0.2) is 24.5 Å². The molecule has 0 N–H and O–H groups in total. The van der Waals surface area contributed by atoms with E-state index in [1.165, 1.54) is 0 Å². The van der Waals surface area contributed by atoms with Gasteiger partial charge in [0.15, 0.2) is 0 Å². The number of halogens is 1. The van der Waals surface area contributed by atoms with Crippen LogP contribution >= 0.6 is 11.6 Å². The highest BCUT2D eigenvalue weighted by Gasteiger charge is 2.08. The summed E-state index contributed by atoms with van der Waals surface area (Å²) >= 11 is 6.20. The predicted octanol–water partition coefficient (Wildman–Crippen LogP) is 3.26. The van der Waals surface area contributed by atoms with Gasteiger partial charge in [0.05, 0.1) is 28.1 Å². The Morgan fingerprint density at radius 3 is 2.52 bits per heavy atom. The van der Waals surface area contributed by atoms with Gasteiger partial charge in [-0.3, -0.25) is 4.57 Å². The lowest BCUT2D eigenvalue weighted by molar-refractivity contribution is 0.906. The van der Waals surface area contributed by atoms with E-state index in [0.29, 0.717) is 5.02 Å². The first kappa shape index (κ1) is 12.1. The van der Waals surface area contributed by atoms with Gasteiger partial charge < -0.3 is 0 Å². The summed E-state index contributed by atoms with van der Waals surface area (Å²) in [6.07, 6.45) is 5.11. The SMILES string of the molecule is Clc1cccc2c1cnn2-c1cccc(-n2cnnc2)c1. The summed E-state index contributed by atoms with van der Waals surface area (Å²) in [5.74, 6) is 0. The standard InChI is InChI=1S/C15H10ClN5/c16-14-5-2-6-15-13(14)8-19-21(15)12-4-1-3-11(7-12)20-9-17-18-10-20/h1-10H. The minimum Gasteiger partial charge on any atom is -0.288 e. The summed E-state index contributed by atoms with van der Waals surface area (Å²) in [6, 6.07) is 13.8. The molecule has 0 saturated heterocycles. The summed E-state index contributed by atoms with van der Waals surface area (Å²) in [4.78, 5) is 0. The number of hydrogen-bond acceptors (Lipinski definition) is 3. The van der Waals surface area contributed by atoms with Crippen molar-refractivity contribution in [2.24, 2.45) is 0 Å². The van der Waals surface area contributed by atoms with Crippen LogP contribution in [0, 0.1) is 0 Å². The molecule has 5 nitrogen and oxygen atoms in total. The lowest BCUT2D eigenvalue weighted by Gasteiger charge is -2.07. The van der Waals surface area contributed by atoms with Crippen LogP contribution in [0.4, 0.5) is 0 Å². The normalized spacial score (nSPS) is 11.1. The van der Waals surface area contributed by atoms with E-state index in [0.717, 1.165) is 22.3 Å². The molecule has 102 valence electrons. The second-order valence-corrected chi connectivity index (χ2v) is 5.03. The van der Waals surface area contributed by atoms with Gasteiger partial charge in [0.2, 0.25) is 0 Å². The van der Waals surface area contributed by atoms with Crippen molar-refractivity contribution in [1.82, 2.24) is 24.5 Å². The van der Waals surface area contributed by atoms with E-state index in [1.54, 1.807) is 18.9 Å². The van der Waals surface area contributed by atoms with E-state index in [1.807, 2.05) is 51.7 Å². The van der Waals surface area contributed by atoms with Gasteiger partial charge in [0, 0.05) is 5.39 Å². The molecule has 0 bridgehead atoms. The maximum absolute atomic E-state index is 6.20. The molecule has 0 aliphatic rings. The van der Waals surface area contributed by atoms with Crippen LogP contribution in [0.2, 0.25) is 5.02 Å². The van der Waals surface area contributed by atoms with E-state index >= 15 is 0 Å². The molecule has 0 saturated carbocycles. The van der Waals surface area contributed by atoms with Crippen molar-refractivity contribution in [2.75, 3.05) is 0 Å². The maximum atomic E-state index is 6.20. The van der Waals surface area contributed by atoms with Crippen LogP contribution < -0.4 is 0 Å². The fourth-order valence-corrected chi connectivity index (χ4v) is 2.56. The van der Waals surface area contributed by atoms with Crippen molar-refractivity contribution in [3.05, 3.63) is 66.3 Å². The average Bonchev–Trinajstić information content (AvgIpc) is 3.18. The zero-order chi connectivity index (χ0) is 14.2. The van der Waals surface area contributed by atoms with Gasteiger partial charge in [0.25, 0.3) is 0 Å². The number of benzene rings is 2. The van der Waals surface area contributed by atoms with Crippen molar-refractivity contribution >= 4 is 22.5 Å². The molecule has 2 aromatic carbocycles. The quantitative estimate of drug-likeness (QED) is 0.570. The molecule has 0 unspecified atom stereocenters. The second-order valence-electron chi connectivity index (χ2n) is 4.62. The van der Waals surface area contributed by atoms with Gasteiger partial charge in [-0.15, -0.1) is 10.2 Å². The van der Waals surface area contributed by atoms with Gasteiger partial charge in [-0.2, -0.15) is 5.10 Å². The Labute approximate surface area is 125 Å². The number of aromatic nitrogens is 5. The summed E-state index contributed by atoms with van der Waals surface area (Å²) in [5, 5.41) is 13.7. The van der Waals surface area contributed by atoms with E-state index < -0.39 is 0 Å². The van der Waals surface area contributed by atoms with Crippen LogP contribution in [0.1, 0.15) is 0 Å². The van der Waals surface area contributed by atoms with E-state index in [9.17, 15) is 0 Å². The first-order valence-electron chi connectivity index (χ1n) is 6.40. The number of nitrogens with zero attached hydrogens (tertiary/aromatic N) is 5. The van der Waals surface area contributed by atoms with Crippen molar-refractivity contribution in [3.8, 4) is 11.4 Å². The molecule has 0 aliphatic carbocycles. The van der Waals surface area contributed by atoms with Crippen molar-refractivity contribution in [3.63, 3.8) is 0 Å². The zero-order valence-electron chi connectivity index (χ0n) is 10.9. The smallest absolute Gasteiger partial charge is 0.123 e. The highest BCUT2D eigenvalue weighted by atomic mass is 35.5. The van der Waals surface area contributed by atoms with Gasteiger partial charge in [0.1, 0.15) is 12.7 Å². The first-order valence-corrected chi connectivity index (χ1v) is 6.78. The molecule has 0 atom stereocenters. The van der Waals surface area contributed by atoms with Crippen LogP contribution in [0.25, 0.3) is 22.3 Å². The molecule has 2 heterocycles. The van der Waals surface area contributed by atoms with E-state index in [4.69, 9.17) is 11.6 Å².